The number of hydrogen-bond donors (Lipinski definition) is 6. The number of hydrogen-bond acceptors (Lipinski definition) is 7. The zero-order chi connectivity index (χ0) is 27.3. The van der Waals surface area contributed by atoms with E-state index in [1.807, 2.05) is 30.3 Å². The number of carbonyl (C=O) groups excluding carboxylic acids is 4. The van der Waals surface area contributed by atoms with E-state index in [-0.39, 0.29) is 25.0 Å². The molecule has 200 valence electrons. The normalized spacial score (nSPS) is 13.4. The topological polar surface area (TPSA) is 189 Å². The van der Waals surface area contributed by atoms with E-state index in [1.165, 1.54) is 0 Å². The fraction of sp³-hybridized carbons (Fsp3) is 0.542. The molecule has 7 N–H and O–H groups in total. The van der Waals surface area contributed by atoms with E-state index in [1.54, 1.807) is 27.7 Å². The Hall–Kier alpha value is -3.51. The summed E-state index contributed by atoms with van der Waals surface area (Å²) in [5.41, 5.74) is 6.86. The first-order chi connectivity index (χ1) is 16.9. The summed E-state index contributed by atoms with van der Waals surface area (Å²) in [6.07, 6.45) is 0. The zero-order valence-electron chi connectivity index (χ0n) is 21.1. The number of aliphatic carboxylic acids is 1. The summed E-state index contributed by atoms with van der Waals surface area (Å²) >= 11 is 0. The van der Waals surface area contributed by atoms with Crippen molar-refractivity contribution < 1.29 is 33.8 Å². The van der Waals surface area contributed by atoms with Crippen LogP contribution in [0.2, 0.25) is 0 Å². The SMILES string of the molecule is CC(C)[C@H](NC(=O)[C@@H](NC(=O)[C@@H](N)COCc1ccccc1)C(C)C)C(=O)NCC(=O)NCC(=O)O. The number of rotatable bonds is 15. The van der Waals surface area contributed by atoms with E-state index >= 15 is 0 Å². The Morgan fingerprint density at radius 2 is 1.39 bits per heavy atom. The smallest absolute Gasteiger partial charge is 0.322 e. The highest BCUT2D eigenvalue weighted by atomic mass is 16.5. The Morgan fingerprint density at radius 3 is 1.94 bits per heavy atom. The largest absolute Gasteiger partial charge is 0.480 e. The van der Waals surface area contributed by atoms with Gasteiger partial charge in [0.15, 0.2) is 0 Å². The molecule has 0 aliphatic rings. The second kappa shape index (κ2) is 15.5. The summed E-state index contributed by atoms with van der Waals surface area (Å²) in [5, 5.41) is 18.3. The van der Waals surface area contributed by atoms with Crippen LogP contribution in [0.3, 0.4) is 0 Å². The summed E-state index contributed by atoms with van der Waals surface area (Å²) in [6.45, 7) is 6.10. The van der Waals surface area contributed by atoms with Gasteiger partial charge in [0.2, 0.25) is 23.6 Å². The average molecular weight is 508 g/mol. The number of carbonyl (C=O) groups is 5. The molecule has 1 aromatic carbocycles. The minimum atomic E-state index is -1.22. The van der Waals surface area contributed by atoms with Crippen LogP contribution in [0.4, 0.5) is 0 Å². The van der Waals surface area contributed by atoms with Crippen molar-refractivity contribution in [3.63, 3.8) is 0 Å². The van der Waals surface area contributed by atoms with Crippen LogP contribution in [0.15, 0.2) is 30.3 Å². The third-order valence-corrected chi connectivity index (χ3v) is 5.10. The molecule has 0 heterocycles. The first-order valence-corrected chi connectivity index (χ1v) is 11.7. The zero-order valence-corrected chi connectivity index (χ0v) is 21.1. The molecule has 0 aliphatic carbocycles. The van der Waals surface area contributed by atoms with Crippen LogP contribution in [0.25, 0.3) is 0 Å². The van der Waals surface area contributed by atoms with E-state index in [0.29, 0.717) is 0 Å². The summed E-state index contributed by atoms with van der Waals surface area (Å²) in [4.78, 5) is 60.3. The van der Waals surface area contributed by atoms with Gasteiger partial charge in [-0.05, 0) is 17.4 Å². The predicted molar refractivity (Wildman–Crippen MR) is 131 cm³/mol. The molecule has 0 fully saturated rings. The van der Waals surface area contributed by atoms with Gasteiger partial charge in [-0.1, -0.05) is 58.0 Å². The van der Waals surface area contributed by atoms with Crippen LogP contribution < -0.4 is 27.0 Å². The average Bonchev–Trinajstić information content (AvgIpc) is 2.82. The number of amides is 4. The third-order valence-electron chi connectivity index (χ3n) is 5.10. The fourth-order valence-electron chi connectivity index (χ4n) is 3.04. The van der Waals surface area contributed by atoms with Crippen molar-refractivity contribution in [3.05, 3.63) is 35.9 Å². The quantitative estimate of drug-likeness (QED) is 0.177. The molecule has 12 heteroatoms. The molecule has 0 saturated heterocycles. The number of carboxylic acids is 1. The van der Waals surface area contributed by atoms with Crippen LogP contribution in [0.5, 0.6) is 0 Å². The van der Waals surface area contributed by atoms with Crippen molar-refractivity contribution in [1.82, 2.24) is 21.3 Å². The lowest BCUT2D eigenvalue weighted by Crippen LogP contribution is -2.59. The van der Waals surface area contributed by atoms with Crippen molar-refractivity contribution in [1.29, 1.82) is 0 Å². The lowest BCUT2D eigenvalue weighted by molar-refractivity contribution is -0.138. The van der Waals surface area contributed by atoms with Gasteiger partial charge in [-0.2, -0.15) is 0 Å². The predicted octanol–water partition coefficient (Wildman–Crippen LogP) is -0.871. The maximum atomic E-state index is 13.0. The first-order valence-electron chi connectivity index (χ1n) is 11.7. The van der Waals surface area contributed by atoms with Gasteiger partial charge in [-0.15, -0.1) is 0 Å². The summed E-state index contributed by atoms with van der Waals surface area (Å²) in [6, 6.07) is 6.43. The van der Waals surface area contributed by atoms with E-state index in [9.17, 15) is 24.0 Å². The Bertz CT molecular complexity index is 892. The van der Waals surface area contributed by atoms with Crippen molar-refractivity contribution in [2.75, 3.05) is 19.7 Å². The lowest BCUT2D eigenvalue weighted by Gasteiger charge is -2.27. The van der Waals surface area contributed by atoms with Gasteiger partial charge >= 0.3 is 5.97 Å². The molecule has 0 aliphatic heterocycles. The molecule has 36 heavy (non-hydrogen) atoms. The maximum absolute atomic E-state index is 13.0. The van der Waals surface area contributed by atoms with Crippen LogP contribution in [0.1, 0.15) is 33.3 Å². The Balaban J connectivity index is 2.65. The Morgan fingerprint density at radius 1 is 0.833 bits per heavy atom. The molecule has 0 bridgehead atoms. The first kappa shape index (κ1) is 30.5. The molecule has 1 rings (SSSR count). The van der Waals surface area contributed by atoms with Crippen molar-refractivity contribution in [3.8, 4) is 0 Å². The van der Waals surface area contributed by atoms with Crippen LogP contribution in [-0.2, 0) is 35.3 Å². The number of ether oxygens (including phenoxy) is 1. The molecule has 1 aromatic rings. The molecule has 0 radical (unpaired) electrons. The van der Waals surface area contributed by atoms with Crippen molar-refractivity contribution >= 4 is 29.6 Å². The number of carboxylic acid groups (broad SMARTS) is 1. The van der Waals surface area contributed by atoms with E-state index in [0.717, 1.165) is 5.56 Å². The van der Waals surface area contributed by atoms with Gasteiger partial charge in [0.25, 0.3) is 0 Å². The molecule has 0 aromatic heterocycles. The number of benzene rings is 1. The summed E-state index contributed by atoms with van der Waals surface area (Å²) in [5.74, 6) is -4.33. The molecule has 3 atom stereocenters. The number of nitrogens with one attached hydrogen (secondary N) is 4. The minimum Gasteiger partial charge on any atom is -0.480 e. The van der Waals surface area contributed by atoms with Gasteiger partial charge in [-0.25, -0.2) is 0 Å². The van der Waals surface area contributed by atoms with E-state index < -0.39 is 60.8 Å². The standard InChI is InChI=1S/C24H37N5O7/c1-14(2)20(23(34)27-10-18(30)26-11-19(31)32)29-24(35)21(15(3)4)28-22(33)17(25)13-36-12-16-8-6-5-7-9-16/h5-9,14-15,17,20-21H,10-13,25H2,1-4H3,(H,26,30)(H,27,34)(H,28,33)(H,29,35)(H,31,32)/t17-,20-,21-/m0/s1. The van der Waals surface area contributed by atoms with Gasteiger partial charge in [0.1, 0.15) is 24.7 Å². The minimum absolute atomic E-state index is 0.0475. The molecule has 12 nitrogen and oxygen atoms in total. The highest BCUT2D eigenvalue weighted by molar-refractivity contribution is 5.94. The van der Waals surface area contributed by atoms with Gasteiger partial charge < -0.3 is 36.8 Å². The fourth-order valence-corrected chi connectivity index (χ4v) is 3.04. The second-order valence-corrected chi connectivity index (χ2v) is 8.96. The highest BCUT2D eigenvalue weighted by Crippen LogP contribution is 2.07. The van der Waals surface area contributed by atoms with Crippen LogP contribution in [0, 0.1) is 11.8 Å². The molecular weight excluding hydrogens is 470 g/mol. The lowest BCUT2D eigenvalue weighted by atomic mass is 9.99. The molecule has 0 spiro atoms. The maximum Gasteiger partial charge on any atom is 0.322 e. The van der Waals surface area contributed by atoms with Crippen LogP contribution >= 0.6 is 0 Å². The summed E-state index contributed by atoms with van der Waals surface area (Å²) in [7, 11) is 0. The van der Waals surface area contributed by atoms with E-state index in [4.69, 9.17) is 15.6 Å². The van der Waals surface area contributed by atoms with Crippen LogP contribution in [-0.4, -0.2) is 72.5 Å². The second-order valence-electron chi connectivity index (χ2n) is 8.96. The molecule has 0 unspecified atom stereocenters. The highest BCUT2D eigenvalue weighted by Gasteiger charge is 2.31. The van der Waals surface area contributed by atoms with Crippen molar-refractivity contribution in [2.45, 2.75) is 52.4 Å². The van der Waals surface area contributed by atoms with Gasteiger partial charge in [-0.3, -0.25) is 24.0 Å². The Labute approximate surface area is 210 Å². The van der Waals surface area contributed by atoms with Gasteiger partial charge in [0, 0.05) is 0 Å². The number of nitrogens with two attached hydrogens (primary N) is 1. The van der Waals surface area contributed by atoms with Gasteiger partial charge in [0.05, 0.1) is 19.8 Å². The monoisotopic (exact) mass is 507 g/mol. The van der Waals surface area contributed by atoms with E-state index in [2.05, 4.69) is 21.3 Å². The molecule has 4 amide bonds. The van der Waals surface area contributed by atoms with Crippen molar-refractivity contribution in [2.24, 2.45) is 17.6 Å². The molecule has 0 saturated carbocycles. The third kappa shape index (κ3) is 11.3. The molecular formula is C24H37N5O7. The Kier molecular flexibility index (Phi) is 13.1. The summed E-state index contributed by atoms with van der Waals surface area (Å²) < 4.78 is 5.50.